The lowest BCUT2D eigenvalue weighted by Gasteiger charge is -2.23. The van der Waals surface area contributed by atoms with Crippen molar-refractivity contribution in [3.8, 4) is 11.1 Å². The fourth-order valence-corrected chi connectivity index (χ4v) is 5.66. The van der Waals surface area contributed by atoms with Crippen LogP contribution in [0.3, 0.4) is 0 Å². The highest BCUT2D eigenvalue weighted by molar-refractivity contribution is 6.11. The summed E-state index contributed by atoms with van der Waals surface area (Å²) in [5.74, 6) is 0. The highest BCUT2D eigenvalue weighted by atomic mass is 14.7. The molecule has 140 valence electrons. The Bertz CT molecular complexity index is 1240. The lowest BCUT2D eigenvalue weighted by atomic mass is 9.81. The predicted molar refractivity (Wildman–Crippen MR) is 120 cm³/mol. The molecule has 0 radical (unpaired) electrons. The summed E-state index contributed by atoms with van der Waals surface area (Å²) in [7, 11) is 0. The SMILES string of the molecule is Cc1ccccc1-c1cccc2c1ccc1c3c(cnc12)C(C)(C)CC3(C)C. The quantitative estimate of drug-likeness (QED) is 0.322. The van der Waals surface area contributed by atoms with Crippen molar-refractivity contribution in [2.45, 2.75) is 51.9 Å². The number of aryl methyl sites for hydroxylation is 1. The van der Waals surface area contributed by atoms with E-state index in [9.17, 15) is 0 Å². The Kier molecular flexibility index (Phi) is 3.53. The average Bonchev–Trinajstić information content (AvgIpc) is 2.85. The summed E-state index contributed by atoms with van der Waals surface area (Å²) in [6.45, 7) is 11.7. The molecule has 1 aromatic heterocycles. The Morgan fingerprint density at radius 1 is 0.714 bits per heavy atom. The first kappa shape index (κ1) is 17.4. The van der Waals surface area contributed by atoms with Gasteiger partial charge in [-0.25, -0.2) is 0 Å². The zero-order chi connectivity index (χ0) is 19.7. The zero-order valence-corrected chi connectivity index (χ0v) is 17.4. The van der Waals surface area contributed by atoms with Crippen LogP contribution in [0, 0.1) is 6.92 Å². The number of fused-ring (bicyclic) bond motifs is 5. The van der Waals surface area contributed by atoms with Gasteiger partial charge in [0.25, 0.3) is 0 Å². The number of rotatable bonds is 1. The summed E-state index contributed by atoms with van der Waals surface area (Å²) in [5, 5.41) is 3.86. The lowest BCUT2D eigenvalue weighted by molar-refractivity contribution is 0.404. The van der Waals surface area contributed by atoms with Crippen molar-refractivity contribution >= 4 is 21.7 Å². The third kappa shape index (κ3) is 2.35. The van der Waals surface area contributed by atoms with Crippen LogP contribution in [0.25, 0.3) is 32.8 Å². The Hall–Kier alpha value is -2.67. The van der Waals surface area contributed by atoms with Crippen molar-refractivity contribution in [2.75, 3.05) is 0 Å². The molecule has 3 aromatic carbocycles. The van der Waals surface area contributed by atoms with Crippen molar-refractivity contribution < 1.29 is 0 Å². The van der Waals surface area contributed by atoms with Gasteiger partial charge < -0.3 is 0 Å². The molecule has 1 aliphatic carbocycles. The molecule has 1 heteroatoms. The second-order valence-corrected chi connectivity index (χ2v) is 9.67. The van der Waals surface area contributed by atoms with E-state index in [4.69, 9.17) is 4.98 Å². The van der Waals surface area contributed by atoms with Crippen LogP contribution in [0.4, 0.5) is 0 Å². The van der Waals surface area contributed by atoms with Crippen LogP contribution in [-0.4, -0.2) is 4.98 Å². The summed E-state index contributed by atoms with van der Waals surface area (Å²) < 4.78 is 0. The van der Waals surface area contributed by atoms with Gasteiger partial charge in [-0.15, -0.1) is 0 Å². The molecular weight excluding hydrogens is 338 g/mol. The van der Waals surface area contributed by atoms with Gasteiger partial charge in [-0.1, -0.05) is 82.3 Å². The molecule has 1 aliphatic rings. The lowest BCUT2D eigenvalue weighted by Crippen LogP contribution is -2.18. The van der Waals surface area contributed by atoms with Crippen molar-refractivity contribution in [1.82, 2.24) is 4.98 Å². The molecule has 5 rings (SSSR count). The van der Waals surface area contributed by atoms with Gasteiger partial charge in [0, 0.05) is 17.0 Å². The molecule has 4 aromatic rings. The maximum atomic E-state index is 5.00. The average molecular weight is 366 g/mol. The molecule has 0 aliphatic heterocycles. The number of hydrogen-bond donors (Lipinski definition) is 0. The van der Waals surface area contributed by atoms with Gasteiger partial charge in [0.05, 0.1) is 5.52 Å². The standard InChI is InChI=1S/C27H27N/c1-17-9-6-7-10-18(17)19-11-8-12-21-20(19)13-14-22-24-23(15-28-25(21)22)26(2,3)16-27(24,4)5/h6-15H,16H2,1-5H3. The maximum absolute atomic E-state index is 5.00. The van der Waals surface area contributed by atoms with Gasteiger partial charge in [-0.3, -0.25) is 4.98 Å². The van der Waals surface area contributed by atoms with Crippen LogP contribution in [-0.2, 0) is 10.8 Å². The van der Waals surface area contributed by atoms with Crippen LogP contribution in [0.5, 0.6) is 0 Å². The van der Waals surface area contributed by atoms with E-state index in [0.29, 0.717) is 0 Å². The van der Waals surface area contributed by atoms with E-state index in [-0.39, 0.29) is 10.8 Å². The summed E-state index contributed by atoms with van der Waals surface area (Å²) >= 11 is 0. The molecule has 1 heterocycles. The van der Waals surface area contributed by atoms with Crippen LogP contribution in [0.2, 0.25) is 0 Å². The van der Waals surface area contributed by atoms with Crippen molar-refractivity contribution in [1.29, 1.82) is 0 Å². The minimum atomic E-state index is 0.168. The normalized spacial score (nSPS) is 17.2. The molecule has 0 saturated carbocycles. The van der Waals surface area contributed by atoms with E-state index in [2.05, 4.69) is 95.4 Å². The highest BCUT2D eigenvalue weighted by Gasteiger charge is 2.43. The molecule has 0 spiro atoms. The summed E-state index contributed by atoms with van der Waals surface area (Å²) in [4.78, 5) is 5.00. The molecule has 0 saturated heterocycles. The van der Waals surface area contributed by atoms with E-state index in [1.54, 1.807) is 0 Å². The van der Waals surface area contributed by atoms with Crippen LogP contribution >= 0.6 is 0 Å². The number of nitrogens with zero attached hydrogens (tertiary/aromatic N) is 1. The van der Waals surface area contributed by atoms with Crippen molar-refractivity contribution in [3.05, 3.63) is 77.5 Å². The van der Waals surface area contributed by atoms with Crippen LogP contribution in [0.1, 0.15) is 50.8 Å². The Balaban J connectivity index is 1.87. The van der Waals surface area contributed by atoms with E-state index in [1.165, 1.54) is 44.0 Å². The minimum absolute atomic E-state index is 0.168. The smallest absolute Gasteiger partial charge is 0.0783 e. The van der Waals surface area contributed by atoms with Crippen molar-refractivity contribution in [3.63, 3.8) is 0 Å². The van der Waals surface area contributed by atoms with Gasteiger partial charge >= 0.3 is 0 Å². The Morgan fingerprint density at radius 2 is 1.43 bits per heavy atom. The number of pyridine rings is 1. The summed E-state index contributed by atoms with van der Waals surface area (Å²) in [5.41, 5.74) is 8.29. The number of aromatic nitrogens is 1. The van der Waals surface area contributed by atoms with Crippen LogP contribution in [0.15, 0.2) is 60.8 Å². The van der Waals surface area contributed by atoms with Gasteiger partial charge in [0.1, 0.15) is 0 Å². The fourth-order valence-electron chi connectivity index (χ4n) is 5.66. The highest BCUT2D eigenvalue weighted by Crippen LogP contribution is 2.51. The van der Waals surface area contributed by atoms with Gasteiger partial charge in [-0.2, -0.15) is 0 Å². The molecule has 0 N–H and O–H groups in total. The predicted octanol–water partition coefficient (Wildman–Crippen LogP) is 7.32. The number of hydrogen-bond acceptors (Lipinski definition) is 1. The summed E-state index contributed by atoms with van der Waals surface area (Å²) in [6.07, 6.45) is 3.31. The van der Waals surface area contributed by atoms with Crippen molar-refractivity contribution in [2.24, 2.45) is 0 Å². The molecule has 0 unspecified atom stereocenters. The first-order valence-electron chi connectivity index (χ1n) is 10.2. The summed E-state index contributed by atoms with van der Waals surface area (Å²) in [6, 6.07) is 19.9. The third-order valence-corrected chi connectivity index (χ3v) is 6.62. The molecule has 0 amide bonds. The first-order valence-corrected chi connectivity index (χ1v) is 10.2. The zero-order valence-electron chi connectivity index (χ0n) is 17.4. The fraction of sp³-hybridized carbons (Fsp3) is 0.296. The monoisotopic (exact) mass is 365 g/mol. The molecule has 0 atom stereocenters. The maximum Gasteiger partial charge on any atom is 0.0783 e. The second kappa shape index (κ2) is 5.67. The van der Waals surface area contributed by atoms with E-state index < -0.39 is 0 Å². The largest absolute Gasteiger partial charge is 0.255 e. The molecular formula is C27H27N. The molecule has 0 fully saturated rings. The van der Waals surface area contributed by atoms with E-state index >= 15 is 0 Å². The molecule has 1 nitrogen and oxygen atoms in total. The second-order valence-electron chi connectivity index (χ2n) is 9.67. The van der Waals surface area contributed by atoms with Gasteiger partial charge in [0.15, 0.2) is 0 Å². The third-order valence-electron chi connectivity index (χ3n) is 6.62. The minimum Gasteiger partial charge on any atom is -0.255 e. The van der Waals surface area contributed by atoms with Gasteiger partial charge in [0.2, 0.25) is 0 Å². The van der Waals surface area contributed by atoms with E-state index in [0.717, 1.165) is 11.9 Å². The van der Waals surface area contributed by atoms with E-state index in [1.807, 2.05) is 0 Å². The van der Waals surface area contributed by atoms with Gasteiger partial charge in [-0.05, 0) is 57.4 Å². The first-order chi connectivity index (χ1) is 13.3. The number of benzene rings is 3. The molecule has 0 bridgehead atoms. The van der Waals surface area contributed by atoms with Crippen LogP contribution < -0.4 is 0 Å². The Labute approximate surface area is 167 Å². The Morgan fingerprint density at radius 3 is 2.21 bits per heavy atom. The topological polar surface area (TPSA) is 12.9 Å². The molecule has 28 heavy (non-hydrogen) atoms.